The first-order valence-electron chi connectivity index (χ1n) is 6.85. The number of anilines is 1. The number of nitrogens with zero attached hydrogens (tertiary/aromatic N) is 2. The Bertz CT molecular complexity index is 512. The van der Waals surface area contributed by atoms with Crippen LogP contribution >= 0.6 is 15.9 Å². The number of hydrogen-bond acceptors (Lipinski definition) is 5. The highest BCUT2D eigenvalue weighted by atomic mass is 79.9. The molecule has 0 spiro atoms. The monoisotopic (exact) mass is 345 g/mol. The Balaban J connectivity index is 2.06. The molecule has 1 aromatic rings. The number of aliphatic hydroxyl groups is 1. The molecule has 1 aromatic heterocycles. The van der Waals surface area contributed by atoms with Crippen LogP contribution in [0.4, 0.5) is 5.69 Å². The number of ether oxygens (including phenoxy) is 1. The van der Waals surface area contributed by atoms with Crippen LogP contribution in [0.1, 0.15) is 26.2 Å². The van der Waals surface area contributed by atoms with Gasteiger partial charge in [0.05, 0.1) is 17.5 Å². The molecule has 1 aliphatic heterocycles. The predicted molar refractivity (Wildman–Crippen MR) is 80.0 cm³/mol. The average Bonchev–Trinajstić information content (AvgIpc) is 2.44. The zero-order valence-corrected chi connectivity index (χ0v) is 13.1. The van der Waals surface area contributed by atoms with E-state index in [0.29, 0.717) is 49.3 Å². The van der Waals surface area contributed by atoms with E-state index in [1.54, 1.807) is 6.20 Å². The molecule has 0 aromatic carbocycles. The minimum Gasteiger partial charge on any atom is -0.388 e. The lowest BCUT2D eigenvalue weighted by Gasteiger charge is -2.32. The lowest BCUT2D eigenvalue weighted by molar-refractivity contribution is -0.0543. The van der Waals surface area contributed by atoms with Crippen molar-refractivity contribution < 1.29 is 9.84 Å². The van der Waals surface area contributed by atoms with E-state index in [9.17, 15) is 9.90 Å². The van der Waals surface area contributed by atoms with Crippen LogP contribution in [0.15, 0.2) is 15.5 Å². The molecule has 0 unspecified atom stereocenters. The Morgan fingerprint density at radius 3 is 2.90 bits per heavy atom. The van der Waals surface area contributed by atoms with Gasteiger partial charge in [0.2, 0.25) is 0 Å². The molecule has 1 fully saturated rings. The topological polar surface area (TPSA) is 76.4 Å². The van der Waals surface area contributed by atoms with Gasteiger partial charge in [-0.25, -0.2) is 4.68 Å². The molecule has 2 N–H and O–H groups in total. The molecule has 0 saturated carbocycles. The summed E-state index contributed by atoms with van der Waals surface area (Å²) in [4.78, 5) is 12.0. The summed E-state index contributed by atoms with van der Waals surface area (Å²) in [6, 6.07) is 0. The molecule has 112 valence electrons. The highest BCUT2D eigenvalue weighted by Crippen LogP contribution is 2.23. The van der Waals surface area contributed by atoms with Gasteiger partial charge in [-0.3, -0.25) is 4.79 Å². The normalized spacial score (nSPS) is 17.9. The van der Waals surface area contributed by atoms with Crippen molar-refractivity contribution in [2.45, 2.75) is 38.3 Å². The fraction of sp³-hybridized carbons (Fsp3) is 0.692. The molecule has 0 aliphatic carbocycles. The van der Waals surface area contributed by atoms with Gasteiger partial charge in [-0.2, -0.15) is 5.10 Å². The second kappa shape index (κ2) is 6.69. The lowest BCUT2D eigenvalue weighted by atomic mass is 9.94. The zero-order chi connectivity index (χ0) is 14.6. The average molecular weight is 346 g/mol. The van der Waals surface area contributed by atoms with Crippen LogP contribution in [-0.4, -0.2) is 40.2 Å². The third-order valence-electron chi connectivity index (χ3n) is 3.45. The van der Waals surface area contributed by atoms with E-state index < -0.39 is 5.60 Å². The van der Waals surface area contributed by atoms with E-state index >= 15 is 0 Å². The van der Waals surface area contributed by atoms with Crippen LogP contribution in [0.5, 0.6) is 0 Å². The van der Waals surface area contributed by atoms with E-state index in [4.69, 9.17) is 4.74 Å². The van der Waals surface area contributed by atoms with E-state index in [0.717, 1.165) is 6.42 Å². The summed E-state index contributed by atoms with van der Waals surface area (Å²) in [6.45, 7) is 4.10. The number of nitrogens with one attached hydrogen (secondary N) is 1. The van der Waals surface area contributed by atoms with Crippen molar-refractivity contribution in [2.24, 2.45) is 0 Å². The van der Waals surface area contributed by atoms with Crippen molar-refractivity contribution in [3.8, 4) is 0 Å². The highest BCUT2D eigenvalue weighted by Gasteiger charge is 2.29. The maximum absolute atomic E-state index is 12.0. The van der Waals surface area contributed by atoms with Gasteiger partial charge >= 0.3 is 0 Å². The second-order valence-corrected chi connectivity index (χ2v) is 5.88. The Hall–Kier alpha value is -0.920. The van der Waals surface area contributed by atoms with Gasteiger partial charge in [0, 0.05) is 39.1 Å². The van der Waals surface area contributed by atoms with Crippen molar-refractivity contribution >= 4 is 21.6 Å². The first kappa shape index (κ1) is 15.5. The van der Waals surface area contributed by atoms with E-state index in [2.05, 4.69) is 26.3 Å². The van der Waals surface area contributed by atoms with Crippen molar-refractivity contribution in [3.05, 3.63) is 21.0 Å². The van der Waals surface area contributed by atoms with Crippen LogP contribution < -0.4 is 10.9 Å². The van der Waals surface area contributed by atoms with Crippen LogP contribution in [0.25, 0.3) is 0 Å². The maximum Gasteiger partial charge on any atom is 0.283 e. The first-order valence-corrected chi connectivity index (χ1v) is 7.65. The van der Waals surface area contributed by atoms with Gasteiger partial charge < -0.3 is 15.2 Å². The first-order chi connectivity index (χ1) is 9.56. The van der Waals surface area contributed by atoms with Crippen LogP contribution in [0, 0.1) is 0 Å². The molecule has 0 bridgehead atoms. The van der Waals surface area contributed by atoms with Crippen molar-refractivity contribution in [1.29, 1.82) is 0 Å². The minimum atomic E-state index is -0.782. The largest absolute Gasteiger partial charge is 0.388 e. The summed E-state index contributed by atoms with van der Waals surface area (Å²) >= 11 is 3.30. The summed E-state index contributed by atoms with van der Waals surface area (Å²) < 4.78 is 7.12. The standard InChI is InChI=1S/C13H20BrN3O3/c1-2-5-17-12(18)11(14)10(8-16-17)15-9-13(19)3-6-20-7-4-13/h8,15,19H,2-7,9H2,1H3. The van der Waals surface area contributed by atoms with E-state index in [1.807, 2.05) is 6.92 Å². The van der Waals surface area contributed by atoms with Crippen molar-refractivity contribution in [2.75, 3.05) is 25.1 Å². The molecular formula is C13H20BrN3O3. The quantitative estimate of drug-likeness (QED) is 0.842. The van der Waals surface area contributed by atoms with Crippen LogP contribution in [0.3, 0.4) is 0 Å². The Labute approximate surface area is 126 Å². The summed E-state index contributed by atoms with van der Waals surface area (Å²) in [5, 5.41) is 17.6. The van der Waals surface area contributed by atoms with Crippen LogP contribution in [-0.2, 0) is 11.3 Å². The number of hydrogen-bond donors (Lipinski definition) is 2. The van der Waals surface area contributed by atoms with Crippen molar-refractivity contribution in [1.82, 2.24) is 9.78 Å². The summed E-state index contributed by atoms with van der Waals surface area (Å²) in [5.74, 6) is 0. The molecule has 2 heterocycles. The minimum absolute atomic E-state index is 0.157. The Morgan fingerprint density at radius 1 is 1.55 bits per heavy atom. The van der Waals surface area contributed by atoms with Gasteiger partial charge in [-0.05, 0) is 22.4 Å². The zero-order valence-electron chi connectivity index (χ0n) is 11.6. The number of aromatic nitrogens is 2. The summed E-state index contributed by atoms with van der Waals surface area (Å²) in [7, 11) is 0. The van der Waals surface area contributed by atoms with Gasteiger partial charge in [0.1, 0.15) is 4.47 Å². The van der Waals surface area contributed by atoms with E-state index in [1.165, 1.54) is 4.68 Å². The molecule has 1 saturated heterocycles. The SMILES string of the molecule is CCCn1ncc(NCC2(O)CCOCC2)c(Br)c1=O. The van der Waals surface area contributed by atoms with Gasteiger partial charge in [0.15, 0.2) is 0 Å². The third kappa shape index (κ3) is 3.59. The van der Waals surface area contributed by atoms with Gasteiger partial charge in [-0.15, -0.1) is 0 Å². The maximum atomic E-state index is 12.0. The third-order valence-corrected chi connectivity index (χ3v) is 4.22. The van der Waals surface area contributed by atoms with Gasteiger partial charge in [0.25, 0.3) is 5.56 Å². The molecule has 20 heavy (non-hydrogen) atoms. The predicted octanol–water partition coefficient (Wildman–Crippen LogP) is 1.37. The van der Waals surface area contributed by atoms with Crippen LogP contribution in [0.2, 0.25) is 0 Å². The van der Waals surface area contributed by atoms with Crippen molar-refractivity contribution in [3.63, 3.8) is 0 Å². The second-order valence-electron chi connectivity index (χ2n) is 5.09. The molecule has 0 atom stereocenters. The number of aryl methyl sites for hydroxylation is 1. The molecule has 2 rings (SSSR count). The fourth-order valence-electron chi connectivity index (χ4n) is 2.15. The number of rotatable bonds is 5. The smallest absolute Gasteiger partial charge is 0.283 e. The summed E-state index contributed by atoms with van der Waals surface area (Å²) in [5.41, 5.74) is -0.325. The molecule has 0 radical (unpaired) electrons. The number of halogens is 1. The summed E-state index contributed by atoms with van der Waals surface area (Å²) in [6.07, 6.45) is 3.66. The molecule has 6 nitrogen and oxygen atoms in total. The molecular weight excluding hydrogens is 326 g/mol. The van der Waals surface area contributed by atoms with Gasteiger partial charge in [-0.1, -0.05) is 6.92 Å². The molecule has 1 aliphatic rings. The van der Waals surface area contributed by atoms with E-state index in [-0.39, 0.29) is 5.56 Å². The Kier molecular flexibility index (Phi) is 5.17. The Morgan fingerprint density at radius 2 is 2.25 bits per heavy atom. The molecule has 0 amide bonds. The fourth-order valence-corrected chi connectivity index (χ4v) is 2.59. The molecule has 7 heteroatoms. The lowest BCUT2D eigenvalue weighted by Crippen LogP contribution is -2.42. The highest BCUT2D eigenvalue weighted by molar-refractivity contribution is 9.10.